The Bertz CT molecular complexity index is 551. The topological polar surface area (TPSA) is 75.6 Å². The monoisotopic (exact) mass is 297 g/mol. The number of hydrogen-bond acceptors (Lipinski definition) is 3. The van der Waals surface area contributed by atoms with Gasteiger partial charge in [-0.25, -0.2) is 13.7 Å². The first-order chi connectivity index (χ1) is 9.30. The molecule has 20 heavy (non-hydrogen) atoms. The van der Waals surface area contributed by atoms with Crippen LogP contribution in [0, 0.1) is 0 Å². The lowest BCUT2D eigenvalue weighted by atomic mass is 9.98. The fourth-order valence-electron chi connectivity index (χ4n) is 2.02. The van der Waals surface area contributed by atoms with Gasteiger partial charge in [-0.05, 0) is 26.8 Å². The molecule has 0 bridgehead atoms. The quantitative estimate of drug-likeness (QED) is 0.897. The Labute approximate surface area is 120 Å². The summed E-state index contributed by atoms with van der Waals surface area (Å²) in [6.07, 6.45) is 0.665. The molecular formula is C14H19NO4S. The summed E-state index contributed by atoms with van der Waals surface area (Å²) < 4.78 is 20.4. The Kier molecular flexibility index (Phi) is 4.15. The predicted molar refractivity (Wildman–Crippen MR) is 77.3 cm³/mol. The average molecular weight is 297 g/mol. The molecule has 0 aromatic heterocycles. The molecule has 6 heteroatoms. The standard InChI is InChI=1S/C14H19NO4S/c1-14(2,3)20(18)15-11-7-8-19-12-9(11)5-4-6-10(12)13(16)17/h4-6,11,15H,7-8H2,1-3H3,(H,16,17)/t11-,20?/m0/s1. The first-order valence-corrected chi connectivity index (χ1v) is 7.62. The van der Waals surface area contributed by atoms with Gasteiger partial charge in [0.25, 0.3) is 0 Å². The molecule has 110 valence electrons. The SMILES string of the molecule is CC(C)(C)S(=O)N[C@H]1CCOc2c(C(=O)O)cccc21. The average Bonchev–Trinajstić information content (AvgIpc) is 2.37. The van der Waals surface area contributed by atoms with Gasteiger partial charge in [0, 0.05) is 12.0 Å². The molecular weight excluding hydrogens is 278 g/mol. The van der Waals surface area contributed by atoms with E-state index in [9.17, 15) is 14.1 Å². The third-order valence-electron chi connectivity index (χ3n) is 3.11. The van der Waals surface area contributed by atoms with Crippen LogP contribution in [0.1, 0.15) is 49.2 Å². The Hall–Kier alpha value is -1.40. The van der Waals surface area contributed by atoms with Crippen LogP contribution in [0.4, 0.5) is 0 Å². The van der Waals surface area contributed by atoms with Gasteiger partial charge in [-0.1, -0.05) is 12.1 Å². The number of rotatable bonds is 3. The van der Waals surface area contributed by atoms with Crippen LogP contribution in [0.15, 0.2) is 18.2 Å². The molecule has 0 saturated heterocycles. The summed E-state index contributed by atoms with van der Waals surface area (Å²) in [4.78, 5) is 11.2. The molecule has 1 aliphatic heterocycles. The fourth-order valence-corrected chi connectivity index (χ4v) is 2.88. The van der Waals surface area contributed by atoms with Crippen LogP contribution < -0.4 is 9.46 Å². The van der Waals surface area contributed by atoms with Crippen LogP contribution in [0.25, 0.3) is 0 Å². The van der Waals surface area contributed by atoms with E-state index < -0.39 is 17.0 Å². The van der Waals surface area contributed by atoms with E-state index in [1.165, 1.54) is 6.07 Å². The molecule has 2 atom stereocenters. The van der Waals surface area contributed by atoms with Gasteiger partial charge < -0.3 is 9.84 Å². The molecule has 0 fully saturated rings. The summed E-state index contributed by atoms with van der Waals surface area (Å²) in [5.74, 6) is -0.630. The number of benzene rings is 1. The zero-order chi connectivity index (χ0) is 14.9. The Morgan fingerprint density at radius 2 is 2.15 bits per heavy atom. The number of para-hydroxylation sites is 1. The van der Waals surface area contributed by atoms with Crippen molar-refractivity contribution in [3.63, 3.8) is 0 Å². The molecule has 0 aliphatic carbocycles. The highest BCUT2D eigenvalue weighted by molar-refractivity contribution is 7.84. The predicted octanol–water partition coefficient (Wildman–Crippen LogP) is 2.26. The van der Waals surface area contributed by atoms with E-state index in [0.29, 0.717) is 18.8 Å². The number of carbonyl (C=O) groups is 1. The Morgan fingerprint density at radius 3 is 2.75 bits per heavy atom. The van der Waals surface area contributed by atoms with Crippen molar-refractivity contribution >= 4 is 17.0 Å². The van der Waals surface area contributed by atoms with Crippen LogP contribution in [-0.4, -0.2) is 26.6 Å². The molecule has 1 aliphatic rings. The lowest BCUT2D eigenvalue weighted by Crippen LogP contribution is -2.37. The van der Waals surface area contributed by atoms with Gasteiger partial charge in [-0.15, -0.1) is 0 Å². The van der Waals surface area contributed by atoms with Crippen molar-refractivity contribution in [2.45, 2.75) is 38.0 Å². The number of aromatic carboxylic acids is 1. The van der Waals surface area contributed by atoms with E-state index in [4.69, 9.17) is 4.74 Å². The molecule has 1 heterocycles. The second-order valence-electron chi connectivity index (χ2n) is 5.72. The molecule has 0 amide bonds. The minimum atomic E-state index is -1.21. The van der Waals surface area contributed by atoms with Gasteiger partial charge in [0.1, 0.15) is 11.3 Å². The second-order valence-corrected chi connectivity index (χ2v) is 7.72. The Morgan fingerprint density at radius 1 is 1.45 bits per heavy atom. The van der Waals surface area contributed by atoms with E-state index in [1.54, 1.807) is 6.07 Å². The Balaban J connectivity index is 2.32. The van der Waals surface area contributed by atoms with E-state index in [-0.39, 0.29) is 16.4 Å². The van der Waals surface area contributed by atoms with E-state index in [2.05, 4.69) is 4.72 Å². The van der Waals surface area contributed by atoms with Gasteiger partial charge in [-0.2, -0.15) is 0 Å². The van der Waals surface area contributed by atoms with Gasteiger partial charge in [0.05, 0.1) is 28.4 Å². The first kappa shape index (κ1) is 15.0. The van der Waals surface area contributed by atoms with Crippen LogP contribution in [0.3, 0.4) is 0 Å². The van der Waals surface area contributed by atoms with Crippen molar-refractivity contribution in [2.75, 3.05) is 6.61 Å². The van der Waals surface area contributed by atoms with Crippen molar-refractivity contribution in [3.05, 3.63) is 29.3 Å². The van der Waals surface area contributed by atoms with Gasteiger partial charge in [-0.3, -0.25) is 0 Å². The molecule has 1 aromatic rings. The molecule has 2 rings (SSSR count). The third kappa shape index (κ3) is 3.02. The highest BCUT2D eigenvalue weighted by Gasteiger charge is 2.29. The minimum Gasteiger partial charge on any atom is -0.492 e. The number of fused-ring (bicyclic) bond motifs is 1. The lowest BCUT2D eigenvalue weighted by Gasteiger charge is -2.29. The fraction of sp³-hybridized carbons (Fsp3) is 0.500. The minimum absolute atomic E-state index is 0.149. The van der Waals surface area contributed by atoms with Gasteiger partial charge >= 0.3 is 5.97 Å². The summed E-state index contributed by atoms with van der Waals surface area (Å²) >= 11 is 0. The molecule has 1 aromatic carbocycles. The number of carboxylic acid groups (broad SMARTS) is 1. The molecule has 0 radical (unpaired) electrons. The summed E-state index contributed by atoms with van der Waals surface area (Å²) in [6.45, 7) is 6.09. The molecule has 1 unspecified atom stereocenters. The number of nitrogens with one attached hydrogen (secondary N) is 1. The second kappa shape index (κ2) is 5.54. The van der Waals surface area contributed by atoms with Gasteiger partial charge in [0.2, 0.25) is 0 Å². The van der Waals surface area contributed by atoms with Crippen molar-refractivity contribution < 1.29 is 18.8 Å². The lowest BCUT2D eigenvalue weighted by molar-refractivity contribution is 0.0690. The maximum absolute atomic E-state index is 12.2. The van der Waals surface area contributed by atoms with Crippen LogP contribution >= 0.6 is 0 Å². The van der Waals surface area contributed by atoms with Gasteiger partial charge in [0.15, 0.2) is 0 Å². The molecule has 0 saturated carbocycles. The molecule has 5 nitrogen and oxygen atoms in total. The highest BCUT2D eigenvalue weighted by Crippen LogP contribution is 2.35. The van der Waals surface area contributed by atoms with E-state index >= 15 is 0 Å². The zero-order valence-corrected chi connectivity index (χ0v) is 12.6. The zero-order valence-electron chi connectivity index (χ0n) is 11.8. The number of hydrogen-bond donors (Lipinski definition) is 2. The van der Waals surface area contributed by atoms with E-state index in [0.717, 1.165) is 5.56 Å². The smallest absolute Gasteiger partial charge is 0.339 e. The van der Waals surface area contributed by atoms with Crippen molar-refractivity contribution in [3.8, 4) is 5.75 Å². The molecule has 2 N–H and O–H groups in total. The molecule has 0 spiro atoms. The van der Waals surface area contributed by atoms with Crippen LogP contribution in [-0.2, 0) is 11.0 Å². The summed E-state index contributed by atoms with van der Waals surface area (Å²) in [7, 11) is -1.21. The van der Waals surface area contributed by atoms with Crippen molar-refractivity contribution in [1.82, 2.24) is 4.72 Å². The normalized spacial score (nSPS) is 19.9. The maximum Gasteiger partial charge on any atom is 0.339 e. The summed E-state index contributed by atoms with van der Waals surface area (Å²) in [5.41, 5.74) is 0.907. The van der Waals surface area contributed by atoms with Crippen LogP contribution in [0.2, 0.25) is 0 Å². The number of ether oxygens (including phenoxy) is 1. The maximum atomic E-state index is 12.2. The highest BCUT2D eigenvalue weighted by atomic mass is 32.2. The third-order valence-corrected chi connectivity index (χ3v) is 4.72. The number of carboxylic acids is 1. The van der Waals surface area contributed by atoms with Crippen molar-refractivity contribution in [2.24, 2.45) is 0 Å². The van der Waals surface area contributed by atoms with Crippen LogP contribution in [0.5, 0.6) is 5.75 Å². The summed E-state index contributed by atoms with van der Waals surface area (Å²) in [6, 6.07) is 4.87. The largest absolute Gasteiger partial charge is 0.492 e. The van der Waals surface area contributed by atoms with E-state index in [1.807, 2.05) is 26.8 Å². The first-order valence-electron chi connectivity index (χ1n) is 6.48. The van der Waals surface area contributed by atoms with Crippen molar-refractivity contribution in [1.29, 1.82) is 0 Å². The summed E-state index contributed by atoms with van der Waals surface area (Å²) in [5, 5.41) is 9.18.